The fraction of sp³-hybridized carbons (Fsp3) is 0.312. The van der Waals surface area contributed by atoms with Gasteiger partial charge in [-0.15, -0.1) is 0 Å². The molecule has 1 N–H and O–H groups in total. The third kappa shape index (κ3) is 5.93. The first-order valence-electron chi connectivity index (χ1n) is 13.2. The monoisotopic (exact) mass is 528 g/mol. The molecule has 4 rings (SSSR count). The molecular weight excluding hydrogens is 492 g/mol. The van der Waals surface area contributed by atoms with Gasteiger partial charge in [0.05, 0.1) is 24.3 Å². The van der Waals surface area contributed by atoms with Crippen LogP contribution < -0.4 is 14.4 Å². The smallest absolute Gasteiger partial charge is 0.295 e. The van der Waals surface area contributed by atoms with Crippen LogP contribution >= 0.6 is 0 Å². The van der Waals surface area contributed by atoms with Gasteiger partial charge in [-0.25, -0.2) is 0 Å². The van der Waals surface area contributed by atoms with Crippen molar-refractivity contribution in [2.24, 2.45) is 0 Å². The van der Waals surface area contributed by atoms with Gasteiger partial charge in [0.15, 0.2) is 0 Å². The van der Waals surface area contributed by atoms with Crippen LogP contribution in [0.5, 0.6) is 11.5 Å². The van der Waals surface area contributed by atoms with Crippen molar-refractivity contribution in [3.8, 4) is 11.5 Å². The number of anilines is 1. The van der Waals surface area contributed by atoms with E-state index in [9.17, 15) is 14.7 Å². The highest BCUT2D eigenvalue weighted by molar-refractivity contribution is 6.46. The molecule has 1 fully saturated rings. The molecule has 1 unspecified atom stereocenters. The first kappa shape index (κ1) is 27.8. The van der Waals surface area contributed by atoms with Crippen LogP contribution in [-0.2, 0) is 16.1 Å². The van der Waals surface area contributed by atoms with Crippen LogP contribution in [0.1, 0.15) is 49.1 Å². The maximum absolute atomic E-state index is 13.5. The second-order valence-corrected chi connectivity index (χ2v) is 10.1. The Morgan fingerprint density at radius 2 is 1.67 bits per heavy atom. The van der Waals surface area contributed by atoms with Gasteiger partial charge in [0, 0.05) is 31.9 Å². The second kappa shape index (κ2) is 11.6. The van der Waals surface area contributed by atoms with E-state index in [-0.39, 0.29) is 24.0 Å². The Morgan fingerprint density at radius 1 is 1.00 bits per heavy atom. The number of carbonyl (C=O) groups is 2. The summed E-state index contributed by atoms with van der Waals surface area (Å²) >= 11 is 0. The summed E-state index contributed by atoms with van der Waals surface area (Å²) in [6.45, 7) is 8.45. The maximum atomic E-state index is 13.5. The molecule has 1 aliphatic heterocycles. The number of hydrogen-bond acceptors (Lipinski definition) is 6. The van der Waals surface area contributed by atoms with Crippen molar-refractivity contribution in [1.29, 1.82) is 0 Å². The molecule has 0 saturated carbocycles. The van der Waals surface area contributed by atoms with Crippen molar-refractivity contribution in [3.63, 3.8) is 0 Å². The molecule has 0 radical (unpaired) electrons. The number of aliphatic hydroxyl groups is 1. The fourth-order valence-corrected chi connectivity index (χ4v) is 4.74. The van der Waals surface area contributed by atoms with E-state index in [0.29, 0.717) is 17.9 Å². The Bertz CT molecular complexity index is 1370. The van der Waals surface area contributed by atoms with E-state index in [0.717, 1.165) is 28.1 Å². The molecule has 0 aliphatic carbocycles. The number of likely N-dealkylation sites (tertiary alicyclic amines) is 1. The minimum atomic E-state index is -0.750. The lowest BCUT2D eigenvalue weighted by molar-refractivity contribution is -0.140. The molecule has 1 heterocycles. The van der Waals surface area contributed by atoms with Gasteiger partial charge in [-0.2, -0.15) is 0 Å². The van der Waals surface area contributed by atoms with Crippen molar-refractivity contribution in [2.45, 2.75) is 46.4 Å². The Morgan fingerprint density at radius 3 is 2.23 bits per heavy atom. The minimum absolute atomic E-state index is 0.00112. The molecule has 0 bridgehead atoms. The lowest BCUT2D eigenvalue weighted by Crippen LogP contribution is -2.29. The molecule has 39 heavy (non-hydrogen) atoms. The number of amides is 1. The van der Waals surface area contributed by atoms with Crippen LogP contribution in [0.25, 0.3) is 5.76 Å². The minimum Gasteiger partial charge on any atom is -0.507 e. The lowest BCUT2D eigenvalue weighted by Gasteiger charge is -2.26. The normalized spacial score (nSPS) is 16.6. The summed E-state index contributed by atoms with van der Waals surface area (Å²) in [5.74, 6) is -0.125. The van der Waals surface area contributed by atoms with Gasteiger partial charge in [0.1, 0.15) is 17.3 Å². The zero-order chi connectivity index (χ0) is 28.3. The Labute approximate surface area is 230 Å². The molecule has 0 spiro atoms. The Hall–Kier alpha value is -4.26. The molecule has 1 saturated heterocycles. The van der Waals surface area contributed by atoms with Gasteiger partial charge in [-0.05, 0) is 86.8 Å². The van der Waals surface area contributed by atoms with Crippen LogP contribution in [0.3, 0.4) is 0 Å². The molecule has 3 aromatic carbocycles. The highest BCUT2D eigenvalue weighted by atomic mass is 16.5. The van der Waals surface area contributed by atoms with Gasteiger partial charge < -0.3 is 24.4 Å². The van der Waals surface area contributed by atoms with E-state index in [1.165, 1.54) is 4.90 Å². The number of aliphatic hydroxyl groups excluding tert-OH is 1. The summed E-state index contributed by atoms with van der Waals surface area (Å²) in [6.07, 6.45) is 0.00112. The van der Waals surface area contributed by atoms with Crippen LogP contribution in [0.15, 0.2) is 72.3 Å². The van der Waals surface area contributed by atoms with Gasteiger partial charge in [0.25, 0.3) is 11.7 Å². The third-order valence-electron chi connectivity index (χ3n) is 6.66. The lowest BCUT2D eigenvalue weighted by atomic mass is 9.94. The molecule has 7 heteroatoms. The van der Waals surface area contributed by atoms with E-state index in [4.69, 9.17) is 9.47 Å². The molecule has 3 aromatic rings. The first-order valence-corrected chi connectivity index (χ1v) is 13.2. The number of hydrogen-bond donors (Lipinski definition) is 1. The van der Waals surface area contributed by atoms with Crippen molar-refractivity contribution >= 4 is 23.1 Å². The number of ketones is 1. The number of Topliss-reactive ketones (excluding diaryl/α,β-unsaturated/α-hetero) is 1. The zero-order valence-corrected chi connectivity index (χ0v) is 23.4. The topological polar surface area (TPSA) is 79.3 Å². The predicted molar refractivity (Wildman–Crippen MR) is 153 cm³/mol. The Balaban J connectivity index is 1.79. The number of rotatable bonds is 9. The number of carbonyl (C=O) groups excluding carboxylic acids is 2. The number of benzene rings is 3. The van der Waals surface area contributed by atoms with Gasteiger partial charge in [-0.1, -0.05) is 24.3 Å². The van der Waals surface area contributed by atoms with Crippen molar-refractivity contribution in [3.05, 3.63) is 94.6 Å². The summed E-state index contributed by atoms with van der Waals surface area (Å²) in [7, 11) is 3.89. The number of nitrogens with zero attached hydrogens (tertiary/aromatic N) is 2. The SMILES string of the molecule is CCOc1ccc(CN2C(=O)C(=O)/C(=C(\O)c3ccc(OC(C)C)c(C)c3)C2c2ccc(N(C)C)cc2)cc1. The van der Waals surface area contributed by atoms with Crippen LogP contribution in [0, 0.1) is 6.92 Å². The molecule has 7 nitrogen and oxygen atoms in total. The third-order valence-corrected chi connectivity index (χ3v) is 6.66. The molecule has 1 atom stereocenters. The summed E-state index contributed by atoms with van der Waals surface area (Å²) in [5, 5.41) is 11.5. The zero-order valence-electron chi connectivity index (χ0n) is 23.4. The van der Waals surface area contributed by atoms with Crippen LogP contribution in [0.2, 0.25) is 0 Å². The Kier molecular flexibility index (Phi) is 8.29. The van der Waals surface area contributed by atoms with E-state index in [1.807, 2.05) is 95.2 Å². The maximum Gasteiger partial charge on any atom is 0.295 e. The van der Waals surface area contributed by atoms with E-state index in [1.54, 1.807) is 18.2 Å². The van der Waals surface area contributed by atoms with E-state index in [2.05, 4.69) is 0 Å². The van der Waals surface area contributed by atoms with Crippen molar-refractivity contribution in [2.75, 3.05) is 25.6 Å². The largest absolute Gasteiger partial charge is 0.507 e. The quantitative estimate of drug-likeness (QED) is 0.213. The average molecular weight is 529 g/mol. The summed E-state index contributed by atoms with van der Waals surface area (Å²) in [6, 6.07) is 19.7. The predicted octanol–water partition coefficient (Wildman–Crippen LogP) is 5.87. The molecule has 0 aromatic heterocycles. The molecule has 1 amide bonds. The van der Waals surface area contributed by atoms with Gasteiger partial charge in [0.2, 0.25) is 0 Å². The van der Waals surface area contributed by atoms with Crippen molar-refractivity contribution in [1.82, 2.24) is 4.90 Å². The van der Waals surface area contributed by atoms with Crippen LogP contribution in [0.4, 0.5) is 5.69 Å². The molecule has 1 aliphatic rings. The highest BCUT2D eigenvalue weighted by Crippen LogP contribution is 2.41. The van der Waals surface area contributed by atoms with E-state index < -0.39 is 17.7 Å². The standard InChI is InChI=1S/C32H36N2O5/c1-7-38-26-15-8-22(9-16-26)19-34-29(23-10-13-25(14-11-23)33(5)6)28(31(36)32(34)37)30(35)24-12-17-27(21(4)18-24)39-20(2)3/h8-18,20,29,35H,7,19H2,1-6H3/b30-28-. The molecule has 204 valence electrons. The summed E-state index contributed by atoms with van der Waals surface area (Å²) < 4.78 is 11.4. The van der Waals surface area contributed by atoms with E-state index >= 15 is 0 Å². The number of ether oxygens (including phenoxy) is 2. The number of aryl methyl sites for hydroxylation is 1. The second-order valence-electron chi connectivity index (χ2n) is 10.1. The summed E-state index contributed by atoms with van der Waals surface area (Å²) in [4.78, 5) is 30.4. The first-order chi connectivity index (χ1) is 18.6. The van der Waals surface area contributed by atoms with Crippen LogP contribution in [-0.4, -0.2) is 48.5 Å². The van der Waals surface area contributed by atoms with Crippen molar-refractivity contribution < 1.29 is 24.2 Å². The fourth-order valence-electron chi connectivity index (χ4n) is 4.74. The molecular formula is C32H36N2O5. The van der Waals surface area contributed by atoms with Gasteiger partial charge >= 0.3 is 0 Å². The average Bonchev–Trinajstić information content (AvgIpc) is 3.15. The highest BCUT2D eigenvalue weighted by Gasteiger charge is 2.46. The summed E-state index contributed by atoms with van der Waals surface area (Å²) in [5.41, 5.74) is 3.92. The van der Waals surface area contributed by atoms with Gasteiger partial charge in [-0.3, -0.25) is 9.59 Å².